The highest BCUT2D eigenvalue weighted by atomic mass is 35.5. The third-order valence-electron chi connectivity index (χ3n) is 13.5. The molecule has 1 aromatic carbocycles. The number of carboxylic acid groups (broad SMARTS) is 1. The number of halogens is 1. The van der Waals surface area contributed by atoms with Crippen molar-refractivity contribution in [2.45, 2.75) is 81.1 Å². The summed E-state index contributed by atoms with van der Waals surface area (Å²) in [6.07, 6.45) is 7.76. The Balaban J connectivity index is 0.000000161. The zero-order chi connectivity index (χ0) is 47.1. The maximum Gasteiger partial charge on any atom is 0.416 e. The van der Waals surface area contributed by atoms with E-state index >= 15 is 0 Å². The molecule has 68 heavy (non-hydrogen) atoms. The zero-order valence-corrected chi connectivity index (χ0v) is 37.3. The molecule has 11 rings (SSSR count). The van der Waals surface area contributed by atoms with Crippen LogP contribution >= 0.6 is 11.6 Å². The smallest absolute Gasteiger partial charge is 0.416 e. The minimum atomic E-state index is -0.905. The molecule has 3 aliphatic carbocycles. The summed E-state index contributed by atoms with van der Waals surface area (Å²) in [6.45, 7) is 2.14. The molecule has 2 saturated heterocycles. The molecule has 4 amide bonds. The summed E-state index contributed by atoms with van der Waals surface area (Å²) in [5.41, 5.74) is 3.82. The number of hydrogen-bond acceptors (Lipinski definition) is 16. The molecule has 4 aromatic rings. The molecule has 1 spiro atoms. The Labute approximate surface area is 393 Å². The number of nitriles is 1. The van der Waals surface area contributed by atoms with Crippen molar-refractivity contribution in [3.05, 3.63) is 81.8 Å². The van der Waals surface area contributed by atoms with Gasteiger partial charge in [-0.2, -0.15) is 5.26 Å². The number of anilines is 4. The van der Waals surface area contributed by atoms with E-state index in [9.17, 15) is 34.3 Å². The van der Waals surface area contributed by atoms with Crippen LogP contribution in [0, 0.1) is 17.2 Å². The predicted octanol–water partition coefficient (Wildman–Crippen LogP) is 3.88. The van der Waals surface area contributed by atoms with Crippen molar-refractivity contribution < 1.29 is 48.0 Å². The first kappa shape index (κ1) is 44.7. The summed E-state index contributed by atoms with van der Waals surface area (Å²) < 4.78 is 21.9. The standard InChI is InChI=1S/C26H25N5O6.C20H21ClN6O4/c27-11-14-2-1-3-16-17(14)10-18(22(16)24(33)34)28-15-6-8-26(9-7-15)13-31(25(35)37-26)20-5-4-19-23(29-20)30-21(32)12-36-19;21-17-14-6-11(5-12(14)1-4-23-17)7-22-3-2-13-9-27(20(29)31-13)15-8-24-19-18(25-15)26-16(28)10-30-19/h1-5,15,18,22,28H,6-10,12-13H2,(H,33,34)(H,29,30,32);1,4,8,11,13,22H,2-3,5-7,9-10H2,(H,25,26,28). The van der Waals surface area contributed by atoms with Gasteiger partial charge in [0.1, 0.15) is 22.7 Å². The number of fused-ring (bicyclic) bond motifs is 4. The average Bonchev–Trinajstić information content (AvgIpc) is 4.11. The lowest BCUT2D eigenvalue weighted by Gasteiger charge is -2.37. The zero-order valence-electron chi connectivity index (χ0n) is 36.5. The van der Waals surface area contributed by atoms with Crippen molar-refractivity contribution in [2.75, 3.05) is 59.8 Å². The van der Waals surface area contributed by atoms with Gasteiger partial charge in [0.15, 0.2) is 36.4 Å². The number of aliphatic carboxylic acids is 1. The molecule has 1 saturated carbocycles. The second-order valence-corrected chi connectivity index (χ2v) is 18.2. The SMILES string of the molecule is N#Cc1cccc2c1CC(NC1CCC3(CC1)CN(c1ccc4c(n1)NC(=O)CO4)C(=O)O3)C2C(=O)O.O=C1COc2ncc(N3CC(CCNCC4Cc5ccnc(Cl)c5C4)OC3=O)nc2N1. The molecule has 4 atom stereocenters. The van der Waals surface area contributed by atoms with Crippen LogP contribution in [0.5, 0.6) is 11.6 Å². The highest BCUT2D eigenvalue weighted by molar-refractivity contribution is 6.30. The summed E-state index contributed by atoms with van der Waals surface area (Å²) in [4.78, 5) is 80.2. The van der Waals surface area contributed by atoms with Gasteiger partial charge in [-0.1, -0.05) is 23.7 Å². The summed E-state index contributed by atoms with van der Waals surface area (Å²) in [5.74, 6) is 0.139. The van der Waals surface area contributed by atoms with Crippen LogP contribution in [0.15, 0.2) is 48.8 Å². The van der Waals surface area contributed by atoms with Gasteiger partial charge in [0.05, 0.1) is 36.8 Å². The molecule has 7 heterocycles. The highest BCUT2D eigenvalue weighted by Gasteiger charge is 2.49. The van der Waals surface area contributed by atoms with Gasteiger partial charge in [-0.3, -0.25) is 24.2 Å². The minimum Gasteiger partial charge on any atom is -0.481 e. The first-order chi connectivity index (χ1) is 32.9. The van der Waals surface area contributed by atoms with Gasteiger partial charge in [0.25, 0.3) is 17.7 Å². The molecule has 4 aliphatic heterocycles. The number of nitrogens with one attached hydrogen (secondary N) is 4. The quantitative estimate of drug-likeness (QED) is 0.111. The Kier molecular flexibility index (Phi) is 12.2. The minimum absolute atomic E-state index is 0.0688. The molecule has 21 nitrogen and oxygen atoms in total. The number of ether oxygens (including phenoxy) is 4. The van der Waals surface area contributed by atoms with Crippen LogP contribution in [0.3, 0.4) is 0 Å². The van der Waals surface area contributed by atoms with E-state index in [0.717, 1.165) is 37.1 Å². The van der Waals surface area contributed by atoms with E-state index in [1.165, 1.54) is 21.6 Å². The lowest BCUT2D eigenvalue weighted by Crippen LogP contribution is -2.48. The van der Waals surface area contributed by atoms with Crippen LogP contribution in [0.25, 0.3) is 0 Å². The number of carbonyl (C=O) groups excluding carboxylic acids is 4. The van der Waals surface area contributed by atoms with E-state index in [-0.39, 0.29) is 60.7 Å². The third-order valence-corrected chi connectivity index (χ3v) is 13.8. The second-order valence-electron chi connectivity index (χ2n) is 17.9. The number of pyridine rings is 2. The first-order valence-electron chi connectivity index (χ1n) is 22.5. The average molecular weight is 948 g/mol. The fourth-order valence-corrected chi connectivity index (χ4v) is 10.4. The first-order valence-corrected chi connectivity index (χ1v) is 22.9. The van der Waals surface area contributed by atoms with E-state index in [4.69, 9.17) is 30.5 Å². The summed E-state index contributed by atoms with van der Waals surface area (Å²) in [6, 6.07) is 12.6. The van der Waals surface area contributed by atoms with Crippen LogP contribution in [0.2, 0.25) is 5.15 Å². The number of benzene rings is 1. The molecule has 7 aliphatic rings. The monoisotopic (exact) mass is 947 g/mol. The summed E-state index contributed by atoms with van der Waals surface area (Å²) >= 11 is 6.18. The van der Waals surface area contributed by atoms with Crippen LogP contribution in [-0.4, -0.2) is 118 Å². The normalized spacial score (nSPS) is 25.3. The lowest BCUT2D eigenvalue weighted by atomic mass is 9.81. The molecule has 4 unspecified atom stereocenters. The predicted molar refractivity (Wildman–Crippen MR) is 241 cm³/mol. The van der Waals surface area contributed by atoms with E-state index in [0.29, 0.717) is 91.2 Å². The Bertz CT molecular complexity index is 2750. The topological polar surface area (TPSA) is 272 Å². The Morgan fingerprint density at radius 2 is 1.72 bits per heavy atom. The van der Waals surface area contributed by atoms with Crippen molar-refractivity contribution in [3.63, 3.8) is 0 Å². The van der Waals surface area contributed by atoms with E-state index in [1.54, 1.807) is 36.5 Å². The van der Waals surface area contributed by atoms with E-state index in [2.05, 4.69) is 47.3 Å². The van der Waals surface area contributed by atoms with Crippen LogP contribution in [0.4, 0.5) is 32.9 Å². The molecule has 3 fully saturated rings. The fourth-order valence-electron chi connectivity index (χ4n) is 10.2. The lowest BCUT2D eigenvalue weighted by molar-refractivity contribution is -0.139. The van der Waals surface area contributed by atoms with Gasteiger partial charge in [0.2, 0.25) is 0 Å². The van der Waals surface area contributed by atoms with Gasteiger partial charge in [-0.05, 0) is 117 Å². The number of hydrogen-bond donors (Lipinski definition) is 5. The molecule has 5 N–H and O–H groups in total. The number of nitrogens with zero attached hydrogens (tertiary/aromatic N) is 7. The molecule has 352 valence electrons. The van der Waals surface area contributed by atoms with E-state index in [1.807, 2.05) is 6.07 Å². The third kappa shape index (κ3) is 9.01. The number of amides is 4. The van der Waals surface area contributed by atoms with Crippen LogP contribution in [-0.2, 0) is 43.1 Å². The summed E-state index contributed by atoms with van der Waals surface area (Å²) in [5, 5.41) is 32.2. The van der Waals surface area contributed by atoms with Crippen molar-refractivity contribution in [1.82, 2.24) is 30.6 Å². The molecular weight excluding hydrogens is 902 g/mol. The van der Waals surface area contributed by atoms with Crippen LogP contribution in [0.1, 0.15) is 65.8 Å². The van der Waals surface area contributed by atoms with Gasteiger partial charge in [-0.25, -0.2) is 29.5 Å². The molecule has 3 aromatic heterocycles. The summed E-state index contributed by atoms with van der Waals surface area (Å²) in [7, 11) is 0. The van der Waals surface area contributed by atoms with Crippen molar-refractivity contribution >= 4 is 64.8 Å². The maximum atomic E-state index is 12.8. The van der Waals surface area contributed by atoms with Crippen molar-refractivity contribution in [3.8, 4) is 17.7 Å². The number of carboxylic acids is 1. The molecule has 0 radical (unpaired) electrons. The van der Waals surface area contributed by atoms with Crippen molar-refractivity contribution in [2.24, 2.45) is 5.92 Å². The highest BCUT2D eigenvalue weighted by Crippen LogP contribution is 2.42. The maximum absolute atomic E-state index is 12.8. The molecule has 0 bridgehead atoms. The van der Waals surface area contributed by atoms with E-state index < -0.39 is 29.7 Å². The Hall–Kier alpha value is -7.15. The number of aromatic nitrogens is 4. The molecule has 22 heteroatoms. The number of carbonyl (C=O) groups is 5. The second kappa shape index (κ2) is 18.5. The largest absolute Gasteiger partial charge is 0.481 e. The Morgan fingerprint density at radius 3 is 2.51 bits per heavy atom. The van der Waals surface area contributed by atoms with Gasteiger partial charge >= 0.3 is 18.2 Å². The van der Waals surface area contributed by atoms with Gasteiger partial charge < -0.3 is 45.3 Å². The molecular formula is C46H46ClN11O10. The van der Waals surface area contributed by atoms with Crippen LogP contribution < -0.4 is 40.5 Å². The van der Waals surface area contributed by atoms with Crippen molar-refractivity contribution in [1.29, 1.82) is 5.26 Å². The number of rotatable bonds is 10. The van der Waals surface area contributed by atoms with Gasteiger partial charge in [0, 0.05) is 18.3 Å². The van der Waals surface area contributed by atoms with Gasteiger partial charge in [-0.15, -0.1) is 0 Å². The Morgan fingerprint density at radius 1 is 0.926 bits per heavy atom. The fraction of sp³-hybridized carbons (Fsp3) is 0.435. The number of cyclic esters (lactones) is 1.